The van der Waals surface area contributed by atoms with E-state index in [2.05, 4.69) is 15.8 Å². The van der Waals surface area contributed by atoms with Gasteiger partial charge in [-0.2, -0.15) is 5.10 Å². The fourth-order valence-corrected chi connectivity index (χ4v) is 2.21. The zero-order valence-electron chi connectivity index (χ0n) is 12.1. The van der Waals surface area contributed by atoms with Crippen LogP contribution in [0.4, 0.5) is 0 Å². The molecule has 0 aliphatic heterocycles. The third kappa shape index (κ3) is 3.08. The number of furan rings is 1. The molecular formula is C14H17N3O3S. The molecule has 1 aromatic carbocycles. The molecule has 3 N–H and O–H groups in total. The summed E-state index contributed by atoms with van der Waals surface area (Å²) in [4.78, 5) is 0. The summed E-state index contributed by atoms with van der Waals surface area (Å²) >= 11 is 5.04. The minimum absolute atomic E-state index is 0.0340. The molecule has 0 aliphatic rings. The smallest absolute Gasteiger partial charge is 0.186 e. The summed E-state index contributed by atoms with van der Waals surface area (Å²) < 4.78 is 10.7. The number of hydrogen-bond acceptors (Lipinski definition) is 5. The van der Waals surface area contributed by atoms with E-state index in [0.717, 1.165) is 5.39 Å². The predicted molar refractivity (Wildman–Crippen MR) is 86.1 cm³/mol. The van der Waals surface area contributed by atoms with Crippen LogP contribution in [0.25, 0.3) is 11.0 Å². The molecular weight excluding hydrogens is 290 g/mol. The largest absolute Gasteiger partial charge is 0.507 e. The molecule has 21 heavy (non-hydrogen) atoms. The van der Waals surface area contributed by atoms with Crippen LogP contribution in [0.2, 0.25) is 0 Å². The van der Waals surface area contributed by atoms with E-state index in [-0.39, 0.29) is 5.75 Å². The average molecular weight is 307 g/mol. The Morgan fingerprint density at radius 1 is 1.52 bits per heavy atom. The van der Waals surface area contributed by atoms with Crippen molar-refractivity contribution in [2.45, 2.75) is 13.8 Å². The van der Waals surface area contributed by atoms with Crippen LogP contribution in [0.5, 0.6) is 11.5 Å². The Kier molecular flexibility index (Phi) is 4.64. The third-order valence-corrected chi connectivity index (χ3v) is 3.15. The highest BCUT2D eigenvalue weighted by molar-refractivity contribution is 7.80. The molecule has 0 saturated carbocycles. The van der Waals surface area contributed by atoms with Crippen molar-refractivity contribution >= 4 is 34.0 Å². The molecule has 1 heterocycles. The average Bonchev–Trinajstić information content (AvgIpc) is 2.91. The highest BCUT2D eigenvalue weighted by Gasteiger charge is 2.18. The van der Waals surface area contributed by atoms with Crippen LogP contribution >= 0.6 is 12.2 Å². The van der Waals surface area contributed by atoms with Crippen molar-refractivity contribution in [2.24, 2.45) is 5.10 Å². The van der Waals surface area contributed by atoms with Gasteiger partial charge < -0.3 is 19.6 Å². The first-order valence-corrected chi connectivity index (χ1v) is 6.85. The van der Waals surface area contributed by atoms with E-state index in [4.69, 9.17) is 21.4 Å². The van der Waals surface area contributed by atoms with Gasteiger partial charge in [-0.15, -0.1) is 0 Å². The molecule has 0 atom stereocenters. The molecule has 0 saturated heterocycles. The second-order valence-electron chi connectivity index (χ2n) is 4.30. The lowest BCUT2D eigenvalue weighted by molar-refractivity contribution is 0.411. The molecule has 0 amide bonds. The Labute approximate surface area is 127 Å². The monoisotopic (exact) mass is 307 g/mol. The Morgan fingerprint density at radius 2 is 2.29 bits per heavy atom. The number of nitrogens with zero attached hydrogens (tertiary/aromatic N) is 1. The van der Waals surface area contributed by atoms with Gasteiger partial charge in [0.15, 0.2) is 5.11 Å². The Bertz CT molecular complexity index is 694. The van der Waals surface area contributed by atoms with Gasteiger partial charge in [-0.25, -0.2) is 0 Å². The highest BCUT2D eigenvalue weighted by atomic mass is 32.1. The van der Waals surface area contributed by atoms with Crippen LogP contribution in [0.15, 0.2) is 27.9 Å². The maximum atomic E-state index is 10.2. The number of phenolic OH excluding ortho intramolecular Hbond substituents is 1. The van der Waals surface area contributed by atoms with E-state index in [1.807, 2.05) is 6.92 Å². The second kappa shape index (κ2) is 6.45. The number of benzene rings is 1. The molecule has 2 rings (SSSR count). The lowest BCUT2D eigenvalue weighted by Crippen LogP contribution is -2.32. The van der Waals surface area contributed by atoms with Gasteiger partial charge in [-0.1, -0.05) is 0 Å². The summed E-state index contributed by atoms with van der Waals surface area (Å²) in [5.41, 5.74) is 4.32. The summed E-state index contributed by atoms with van der Waals surface area (Å²) in [6.45, 7) is 4.40. The number of methoxy groups -OCH3 is 1. The van der Waals surface area contributed by atoms with Crippen molar-refractivity contribution in [3.8, 4) is 11.5 Å². The van der Waals surface area contributed by atoms with Crippen LogP contribution in [-0.2, 0) is 0 Å². The summed E-state index contributed by atoms with van der Waals surface area (Å²) in [6, 6.07) is 3.32. The molecule has 1 aromatic heterocycles. The molecule has 0 fully saturated rings. The van der Waals surface area contributed by atoms with E-state index in [1.165, 1.54) is 13.2 Å². The molecule has 2 aromatic rings. The maximum absolute atomic E-state index is 10.2. The minimum Gasteiger partial charge on any atom is -0.507 e. The van der Waals surface area contributed by atoms with Crippen LogP contribution in [0.1, 0.15) is 19.4 Å². The molecule has 0 aliphatic carbocycles. The third-order valence-electron chi connectivity index (χ3n) is 2.92. The number of phenols is 1. The van der Waals surface area contributed by atoms with Crippen molar-refractivity contribution in [3.63, 3.8) is 0 Å². The predicted octanol–water partition coefficient (Wildman–Crippen LogP) is 2.36. The van der Waals surface area contributed by atoms with Gasteiger partial charge in [0.25, 0.3) is 0 Å². The summed E-state index contributed by atoms with van der Waals surface area (Å²) in [5, 5.41) is 18.5. The van der Waals surface area contributed by atoms with Gasteiger partial charge in [-0.3, -0.25) is 5.43 Å². The van der Waals surface area contributed by atoms with Crippen molar-refractivity contribution < 1.29 is 14.3 Å². The Balaban J connectivity index is 2.42. The van der Waals surface area contributed by atoms with E-state index in [0.29, 0.717) is 34.3 Å². The van der Waals surface area contributed by atoms with E-state index in [9.17, 15) is 5.11 Å². The quantitative estimate of drug-likeness (QED) is 0.457. The van der Waals surface area contributed by atoms with Crippen molar-refractivity contribution in [1.29, 1.82) is 0 Å². The number of hydrogen-bond donors (Lipinski definition) is 3. The molecule has 112 valence electrons. The second-order valence-corrected chi connectivity index (χ2v) is 4.71. The van der Waals surface area contributed by atoms with Gasteiger partial charge in [0.2, 0.25) is 0 Å². The SMILES string of the molecule is CCNC(=S)N/N=C(\C)c1c(O)cc2occc2c1OC. The zero-order valence-corrected chi connectivity index (χ0v) is 12.9. The number of hydrazone groups is 1. The molecule has 7 heteroatoms. The molecule has 0 radical (unpaired) electrons. The minimum atomic E-state index is 0.0340. The van der Waals surface area contributed by atoms with Crippen LogP contribution < -0.4 is 15.5 Å². The summed E-state index contributed by atoms with van der Waals surface area (Å²) in [6.07, 6.45) is 1.54. The standard InChI is InChI=1S/C14H17N3O3S/c1-4-15-14(21)17-16-8(2)12-10(18)7-11-9(5-6-20-11)13(12)19-3/h5-7,18H,4H2,1-3H3,(H2,15,17,21)/b16-8+. The number of rotatable bonds is 4. The number of nitrogens with one attached hydrogen (secondary N) is 2. The first kappa shape index (κ1) is 15.1. The molecule has 0 unspecified atom stereocenters. The van der Waals surface area contributed by atoms with Crippen molar-refractivity contribution in [3.05, 3.63) is 24.0 Å². The number of ether oxygens (including phenoxy) is 1. The normalized spacial score (nSPS) is 11.5. The Morgan fingerprint density at radius 3 is 2.95 bits per heavy atom. The van der Waals surface area contributed by atoms with Crippen LogP contribution in [0, 0.1) is 0 Å². The molecule has 6 nitrogen and oxygen atoms in total. The Hall–Kier alpha value is -2.28. The van der Waals surface area contributed by atoms with E-state index >= 15 is 0 Å². The van der Waals surface area contributed by atoms with Gasteiger partial charge in [-0.05, 0) is 32.1 Å². The lowest BCUT2D eigenvalue weighted by atomic mass is 10.1. The van der Waals surface area contributed by atoms with Gasteiger partial charge in [0.05, 0.1) is 30.0 Å². The highest BCUT2D eigenvalue weighted by Crippen LogP contribution is 2.37. The first-order valence-electron chi connectivity index (χ1n) is 6.44. The topological polar surface area (TPSA) is 79.0 Å². The molecule has 0 spiro atoms. The molecule has 0 bridgehead atoms. The van der Waals surface area contributed by atoms with Crippen molar-refractivity contribution in [2.75, 3.05) is 13.7 Å². The van der Waals surface area contributed by atoms with Gasteiger partial charge in [0.1, 0.15) is 17.1 Å². The number of fused-ring (bicyclic) bond motifs is 1. The number of aromatic hydroxyl groups is 1. The maximum Gasteiger partial charge on any atom is 0.186 e. The fraction of sp³-hybridized carbons (Fsp3) is 0.286. The van der Waals surface area contributed by atoms with E-state index < -0.39 is 0 Å². The van der Waals surface area contributed by atoms with Gasteiger partial charge in [0, 0.05) is 12.6 Å². The number of thiocarbonyl (C=S) groups is 1. The van der Waals surface area contributed by atoms with E-state index in [1.54, 1.807) is 19.3 Å². The zero-order chi connectivity index (χ0) is 15.4. The first-order chi connectivity index (χ1) is 10.1. The fourth-order valence-electron chi connectivity index (χ4n) is 2.02. The summed E-state index contributed by atoms with van der Waals surface area (Å²) in [5.74, 6) is 0.544. The lowest BCUT2D eigenvalue weighted by Gasteiger charge is -2.12. The van der Waals surface area contributed by atoms with Crippen LogP contribution in [0.3, 0.4) is 0 Å². The van der Waals surface area contributed by atoms with Gasteiger partial charge >= 0.3 is 0 Å². The van der Waals surface area contributed by atoms with Crippen molar-refractivity contribution in [1.82, 2.24) is 10.7 Å². The van der Waals surface area contributed by atoms with Crippen LogP contribution in [-0.4, -0.2) is 29.6 Å². The summed E-state index contributed by atoms with van der Waals surface area (Å²) in [7, 11) is 1.54.